The number of aryl methyl sites for hydroxylation is 2. The molecule has 0 aliphatic carbocycles. The number of hydrogen-bond acceptors (Lipinski definition) is 0. The third-order valence-corrected chi connectivity index (χ3v) is 5.54. The van der Waals surface area contributed by atoms with Crippen LogP contribution in [-0.2, 0) is 6.54 Å². The van der Waals surface area contributed by atoms with Gasteiger partial charge >= 0.3 is 0 Å². The van der Waals surface area contributed by atoms with Crippen molar-refractivity contribution in [2.24, 2.45) is 0 Å². The largest absolute Gasteiger partial charge is 0.300 e. The zero-order chi connectivity index (χ0) is 13.8. The van der Waals surface area contributed by atoms with Gasteiger partial charge in [-0.1, -0.05) is 18.2 Å². The highest BCUT2D eigenvalue weighted by molar-refractivity contribution is 14.1. The predicted molar refractivity (Wildman–Crippen MR) is 87.6 cm³/mol. The van der Waals surface area contributed by atoms with Crippen molar-refractivity contribution in [2.45, 2.75) is 38.3 Å². The van der Waals surface area contributed by atoms with Crippen LogP contribution in [0.3, 0.4) is 0 Å². The van der Waals surface area contributed by atoms with Crippen LogP contribution in [0.5, 0.6) is 0 Å². The summed E-state index contributed by atoms with van der Waals surface area (Å²) in [6.45, 7) is 12.0. The molecule has 0 fully saturated rings. The Morgan fingerprint density at radius 1 is 1.22 bits per heavy atom. The van der Waals surface area contributed by atoms with Crippen molar-refractivity contribution < 1.29 is 4.48 Å². The molecule has 0 heterocycles. The second-order valence-corrected chi connectivity index (χ2v) is 6.06. The monoisotopic (exact) mass is 356 g/mol. The average molecular weight is 356 g/mol. The minimum Gasteiger partial charge on any atom is -0.300 e. The molecule has 0 amide bonds. The second kappa shape index (κ2) is 6.58. The Morgan fingerprint density at radius 3 is 2.11 bits per heavy atom. The lowest BCUT2D eigenvalue weighted by molar-refractivity contribution is -0.936. The fraction of sp³-hybridized carbons (Fsp3) is 0.500. The van der Waals surface area contributed by atoms with E-state index in [9.17, 15) is 0 Å². The lowest BCUT2D eigenvalue weighted by Crippen LogP contribution is -2.51. The van der Waals surface area contributed by atoms with Gasteiger partial charge < -0.3 is 0 Å². The minimum atomic E-state index is 0.233. The third kappa shape index (κ3) is 3.07. The molecule has 0 N–H and O–H groups in total. The topological polar surface area (TPSA) is 0 Å². The zero-order valence-electron chi connectivity index (χ0n) is 11.8. The van der Waals surface area contributed by atoms with Crippen LogP contribution >= 0.6 is 22.6 Å². The van der Waals surface area contributed by atoms with Crippen molar-refractivity contribution in [1.82, 2.24) is 0 Å². The van der Waals surface area contributed by atoms with E-state index in [0.717, 1.165) is 24.1 Å². The standard InChI is InChI=1S/C16H23IN/c1-6-16(17)18(7-2,8-3)12-15-13(4)10-9-11-14(15)5/h1,9-11,16H,7-8,12H2,2-5H3/q+1. The van der Waals surface area contributed by atoms with Gasteiger partial charge in [-0.3, -0.25) is 4.48 Å². The predicted octanol–water partition coefficient (Wildman–Crippen LogP) is 4.05. The van der Waals surface area contributed by atoms with E-state index in [1.165, 1.54) is 16.7 Å². The summed E-state index contributed by atoms with van der Waals surface area (Å²) in [5.41, 5.74) is 4.21. The van der Waals surface area contributed by atoms with Gasteiger partial charge in [0.25, 0.3) is 0 Å². The molecule has 0 bridgehead atoms. The van der Waals surface area contributed by atoms with E-state index >= 15 is 0 Å². The van der Waals surface area contributed by atoms with Gasteiger partial charge in [-0.2, -0.15) is 0 Å². The Bertz CT molecular complexity index is 421. The van der Waals surface area contributed by atoms with Crippen LogP contribution in [0.4, 0.5) is 0 Å². The SMILES string of the molecule is C#CC(I)[N+](CC)(CC)Cc1c(C)cccc1C. The maximum absolute atomic E-state index is 5.67. The lowest BCUT2D eigenvalue weighted by Gasteiger charge is -2.39. The van der Waals surface area contributed by atoms with Crippen LogP contribution in [0, 0.1) is 26.2 Å². The number of nitrogens with zero attached hydrogens (tertiary/aromatic N) is 1. The first-order valence-electron chi connectivity index (χ1n) is 6.51. The Morgan fingerprint density at radius 2 is 1.72 bits per heavy atom. The summed E-state index contributed by atoms with van der Waals surface area (Å²) in [6, 6.07) is 6.52. The number of terminal acetylenes is 1. The molecule has 1 unspecified atom stereocenters. The zero-order valence-corrected chi connectivity index (χ0v) is 14.0. The molecule has 1 aromatic carbocycles. The fourth-order valence-electron chi connectivity index (χ4n) is 2.42. The number of benzene rings is 1. The normalized spacial score (nSPS) is 13.1. The van der Waals surface area contributed by atoms with Crippen LogP contribution in [0.1, 0.15) is 30.5 Å². The molecule has 0 aliphatic heterocycles. The number of hydrogen-bond donors (Lipinski definition) is 0. The smallest absolute Gasteiger partial charge is 0.200 e. The van der Waals surface area contributed by atoms with Crippen LogP contribution < -0.4 is 0 Å². The van der Waals surface area contributed by atoms with E-state index < -0.39 is 0 Å². The first-order chi connectivity index (χ1) is 8.50. The maximum atomic E-state index is 5.67. The van der Waals surface area contributed by atoms with Gasteiger partial charge in [0.1, 0.15) is 6.54 Å². The van der Waals surface area contributed by atoms with Crippen LogP contribution in [-0.4, -0.2) is 21.6 Å². The van der Waals surface area contributed by atoms with Crippen molar-refractivity contribution in [3.05, 3.63) is 34.9 Å². The minimum absolute atomic E-state index is 0.233. The molecule has 1 nitrogen and oxygen atoms in total. The van der Waals surface area contributed by atoms with Crippen LogP contribution in [0.2, 0.25) is 0 Å². The van der Waals surface area contributed by atoms with Gasteiger partial charge in [-0.25, -0.2) is 0 Å². The van der Waals surface area contributed by atoms with Crippen LogP contribution in [0.15, 0.2) is 18.2 Å². The van der Waals surface area contributed by atoms with Crippen molar-refractivity contribution in [3.8, 4) is 12.3 Å². The molecule has 2 heteroatoms. The van der Waals surface area contributed by atoms with E-state index in [2.05, 4.69) is 74.4 Å². The highest BCUT2D eigenvalue weighted by Crippen LogP contribution is 2.26. The Kier molecular flexibility index (Phi) is 5.68. The Balaban J connectivity index is 3.16. The molecule has 1 atom stereocenters. The molecule has 0 aliphatic rings. The fourth-order valence-corrected chi connectivity index (χ4v) is 3.40. The van der Waals surface area contributed by atoms with Crippen molar-refractivity contribution in [3.63, 3.8) is 0 Å². The summed E-state index contributed by atoms with van der Waals surface area (Å²) in [5.74, 6) is 2.93. The number of quaternary nitrogens is 1. The van der Waals surface area contributed by atoms with Crippen molar-refractivity contribution >= 4 is 22.6 Å². The molecule has 1 aromatic rings. The maximum Gasteiger partial charge on any atom is 0.200 e. The van der Waals surface area contributed by atoms with Crippen molar-refractivity contribution in [1.29, 1.82) is 0 Å². The quantitative estimate of drug-likeness (QED) is 0.245. The van der Waals surface area contributed by atoms with Gasteiger partial charge in [0, 0.05) is 28.2 Å². The average Bonchev–Trinajstić information content (AvgIpc) is 2.38. The van der Waals surface area contributed by atoms with Gasteiger partial charge in [0.2, 0.25) is 4.05 Å². The highest BCUT2D eigenvalue weighted by Gasteiger charge is 2.31. The molecular formula is C16H23IN+. The van der Waals surface area contributed by atoms with E-state index in [1.807, 2.05) is 0 Å². The summed E-state index contributed by atoms with van der Waals surface area (Å²) >= 11 is 2.41. The van der Waals surface area contributed by atoms with E-state index in [-0.39, 0.29) is 4.05 Å². The van der Waals surface area contributed by atoms with E-state index in [1.54, 1.807) is 0 Å². The van der Waals surface area contributed by atoms with Gasteiger partial charge in [-0.15, -0.1) is 6.42 Å². The Hall–Kier alpha value is -0.530. The van der Waals surface area contributed by atoms with E-state index in [0.29, 0.717) is 0 Å². The van der Waals surface area contributed by atoms with E-state index in [4.69, 9.17) is 6.42 Å². The third-order valence-electron chi connectivity index (χ3n) is 4.00. The summed E-state index contributed by atoms with van der Waals surface area (Å²) in [6.07, 6.45) is 5.67. The molecular weight excluding hydrogens is 333 g/mol. The first kappa shape index (κ1) is 15.5. The number of rotatable bonds is 5. The molecule has 0 aromatic heterocycles. The molecule has 0 saturated heterocycles. The summed E-state index contributed by atoms with van der Waals surface area (Å²) in [4.78, 5) is 0. The van der Waals surface area contributed by atoms with Gasteiger partial charge in [0.05, 0.1) is 13.1 Å². The summed E-state index contributed by atoms with van der Waals surface area (Å²) in [5, 5.41) is 0. The molecule has 98 valence electrons. The Labute approximate surface area is 125 Å². The van der Waals surface area contributed by atoms with Crippen LogP contribution in [0.25, 0.3) is 0 Å². The summed E-state index contributed by atoms with van der Waals surface area (Å²) < 4.78 is 1.19. The highest BCUT2D eigenvalue weighted by atomic mass is 127. The molecule has 0 radical (unpaired) electrons. The molecule has 18 heavy (non-hydrogen) atoms. The molecule has 1 rings (SSSR count). The molecule has 0 spiro atoms. The molecule has 0 saturated carbocycles. The van der Waals surface area contributed by atoms with Gasteiger partial charge in [-0.05, 0) is 44.7 Å². The number of halogens is 1. The van der Waals surface area contributed by atoms with Gasteiger partial charge in [0.15, 0.2) is 0 Å². The van der Waals surface area contributed by atoms with Crippen molar-refractivity contribution in [2.75, 3.05) is 13.1 Å². The number of alkyl halides is 1. The summed E-state index contributed by atoms with van der Waals surface area (Å²) in [7, 11) is 0. The lowest BCUT2D eigenvalue weighted by atomic mass is 10.0. The first-order valence-corrected chi connectivity index (χ1v) is 7.76. The second-order valence-electron chi connectivity index (χ2n) is 4.88.